The molecule has 2 nitrogen and oxygen atoms in total. The van der Waals surface area contributed by atoms with E-state index < -0.39 is 0 Å². The highest BCUT2D eigenvalue weighted by atomic mass is 16.5. The van der Waals surface area contributed by atoms with E-state index >= 15 is 0 Å². The molecular formula is C18H28O2. The van der Waals surface area contributed by atoms with Crippen LogP contribution in [0.1, 0.15) is 76.0 Å². The standard InChI is InChI=1S/C18H28O2/c1-4-7-10-13-16(19)14(11-8-5-2)18-15(12-9-6-3)17(13)20-18/h19H,4-12H2,1-3H3. The van der Waals surface area contributed by atoms with Gasteiger partial charge in [0.1, 0.15) is 17.2 Å². The summed E-state index contributed by atoms with van der Waals surface area (Å²) < 4.78 is 5.92. The van der Waals surface area contributed by atoms with Crippen LogP contribution in [0, 0.1) is 0 Å². The number of fused-ring (bicyclic) bond motifs is 2. The molecule has 112 valence electrons. The Kier molecular flexibility index (Phi) is 5.33. The van der Waals surface area contributed by atoms with Gasteiger partial charge in [0, 0.05) is 16.7 Å². The molecule has 0 saturated carbocycles. The highest BCUT2D eigenvalue weighted by Gasteiger charge is 2.32. The maximum absolute atomic E-state index is 10.5. The van der Waals surface area contributed by atoms with Gasteiger partial charge in [-0.25, -0.2) is 0 Å². The van der Waals surface area contributed by atoms with Crippen molar-refractivity contribution in [2.75, 3.05) is 0 Å². The lowest BCUT2D eigenvalue weighted by atomic mass is 9.89. The Labute approximate surface area is 123 Å². The van der Waals surface area contributed by atoms with Crippen LogP contribution in [0.2, 0.25) is 0 Å². The number of hydrogen-bond donors (Lipinski definition) is 1. The summed E-state index contributed by atoms with van der Waals surface area (Å²) in [5.74, 6) is 2.53. The van der Waals surface area contributed by atoms with Crippen molar-refractivity contribution in [3.8, 4) is 17.2 Å². The fourth-order valence-electron chi connectivity index (χ4n) is 2.92. The number of benzene rings is 1. The molecule has 0 amide bonds. The van der Waals surface area contributed by atoms with Crippen LogP contribution in [-0.2, 0) is 19.3 Å². The van der Waals surface area contributed by atoms with Crippen LogP contribution >= 0.6 is 0 Å². The Morgan fingerprint density at radius 2 is 1.10 bits per heavy atom. The zero-order valence-corrected chi connectivity index (χ0v) is 13.2. The SMILES string of the molecule is CCCCc1c(O)c(CCCC)c2c(CCCC)c1O2. The first kappa shape index (κ1) is 15.2. The molecule has 1 aromatic rings. The van der Waals surface area contributed by atoms with Gasteiger partial charge in [0.25, 0.3) is 0 Å². The second-order valence-electron chi connectivity index (χ2n) is 5.86. The summed E-state index contributed by atoms with van der Waals surface area (Å²) in [4.78, 5) is 0. The van der Waals surface area contributed by atoms with Gasteiger partial charge in [0.15, 0.2) is 0 Å². The average molecular weight is 276 g/mol. The highest BCUT2D eigenvalue weighted by Crippen LogP contribution is 2.54. The molecule has 2 heterocycles. The summed E-state index contributed by atoms with van der Waals surface area (Å²) in [6, 6.07) is 0. The third-order valence-corrected chi connectivity index (χ3v) is 4.21. The number of ether oxygens (including phenoxy) is 1. The molecule has 2 heteroatoms. The van der Waals surface area contributed by atoms with Crippen LogP contribution in [-0.4, -0.2) is 5.11 Å². The Bertz CT molecular complexity index is 420. The first-order chi connectivity index (χ1) is 9.74. The smallest absolute Gasteiger partial charge is 0.141 e. The Balaban J connectivity index is 2.31. The van der Waals surface area contributed by atoms with Gasteiger partial charge in [-0.3, -0.25) is 0 Å². The molecule has 0 radical (unpaired) electrons. The van der Waals surface area contributed by atoms with Crippen LogP contribution in [0.15, 0.2) is 0 Å². The minimum atomic E-state index is 0.531. The molecule has 2 aliphatic heterocycles. The lowest BCUT2D eigenvalue weighted by Gasteiger charge is -2.31. The molecule has 0 atom stereocenters. The first-order valence-electron chi connectivity index (χ1n) is 8.31. The van der Waals surface area contributed by atoms with Gasteiger partial charge >= 0.3 is 0 Å². The summed E-state index contributed by atoms with van der Waals surface area (Å²) in [6.07, 6.45) is 9.91. The molecule has 0 aromatic heterocycles. The second-order valence-corrected chi connectivity index (χ2v) is 5.86. The van der Waals surface area contributed by atoms with E-state index in [9.17, 15) is 5.11 Å². The lowest BCUT2D eigenvalue weighted by Crippen LogP contribution is -2.13. The summed E-state index contributed by atoms with van der Waals surface area (Å²) in [5.41, 5.74) is 3.51. The van der Waals surface area contributed by atoms with Crippen LogP contribution in [0.4, 0.5) is 0 Å². The van der Waals surface area contributed by atoms with Crippen molar-refractivity contribution in [3.63, 3.8) is 0 Å². The molecular weight excluding hydrogens is 248 g/mol. The summed E-state index contributed by atoms with van der Waals surface area (Å²) >= 11 is 0. The van der Waals surface area contributed by atoms with E-state index in [1.54, 1.807) is 0 Å². The molecule has 3 rings (SSSR count). The number of aryl methyl sites for hydroxylation is 1. The van der Waals surface area contributed by atoms with Crippen molar-refractivity contribution in [3.05, 3.63) is 16.7 Å². The summed E-state index contributed by atoms with van der Waals surface area (Å²) in [5, 5.41) is 10.5. The molecule has 1 N–H and O–H groups in total. The maximum atomic E-state index is 10.5. The molecule has 0 saturated heterocycles. The normalized spacial score (nSPS) is 12.2. The topological polar surface area (TPSA) is 29.5 Å². The molecule has 0 aliphatic carbocycles. The van der Waals surface area contributed by atoms with Gasteiger partial charge in [-0.2, -0.15) is 0 Å². The molecule has 0 fully saturated rings. The van der Waals surface area contributed by atoms with Gasteiger partial charge in [-0.05, 0) is 38.5 Å². The quantitative estimate of drug-likeness (QED) is 0.653. The average Bonchev–Trinajstić information content (AvgIpc) is 2.44. The maximum Gasteiger partial charge on any atom is 0.141 e. The number of phenolic OH excluding ortho intramolecular Hbond substituents is 1. The van der Waals surface area contributed by atoms with Crippen molar-refractivity contribution in [2.45, 2.75) is 78.6 Å². The molecule has 1 aromatic carbocycles. The van der Waals surface area contributed by atoms with Gasteiger partial charge in [0.2, 0.25) is 0 Å². The number of hydrogen-bond acceptors (Lipinski definition) is 2. The summed E-state index contributed by atoms with van der Waals surface area (Å²) in [6.45, 7) is 6.60. The number of unbranched alkanes of at least 4 members (excludes halogenated alkanes) is 3. The van der Waals surface area contributed by atoms with Gasteiger partial charge in [-0.1, -0.05) is 40.0 Å². The van der Waals surface area contributed by atoms with Crippen LogP contribution in [0.3, 0.4) is 0 Å². The minimum Gasteiger partial charge on any atom is -0.507 e. The summed E-state index contributed by atoms with van der Waals surface area (Å²) in [7, 11) is 0. The van der Waals surface area contributed by atoms with Gasteiger partial charge in [-0.15, -0.1) is 0 Å². The Morgan fingerprint density at radius 3 is 1.50 bits per heavy atom. The van der Waals surface area contributed by atoms with E-state index in [0.717, 1.165) is 67.6 Å². The zero-order chi connectivity index (χ0) is 14.5. The van der Waals surface area contributed by atoms with E-state index in [2.05, 4.69) is 20.8 Å². The minimum absolute atomic E-state index is 0.531. The molecule has 2 bridgehead atoms. The van der Waals surface area contributed by atoms with Crippen LogP contribution in [0.25, 0.3) is 0 Å². The van der Waals surface area contributed by atoms with E-state index in [1.807, 2.05) is 0 Å². The predicted molar refractivity (Wildman–Crippen MR) is 84.0 cm³/mol. The monoisotopic (exact) mass is 276 g/mol. The molecule has 0 spiro atoms. The fraction of sp³-hybridized carbons (Fsp3) is 0.667. The molecule has 0 unspecified atom stereocenters. The van der Waals surface area contributed by atoms with Gasteiger partial charge in [0.05, 0.1) is 0 Å². The molecule has 2 aliphatic rings. The lowest BCUT2D eigenvalue weighted by molar-refractivity contribution is 0.372. The van der Waals surface area contributed by atoms with Crippen LogP contribution in [0.5, 0.6) is 17.2 Å². The van der Waals surface area contributed by atoms with Crippen LogP contribution < -0.4 is 4.74 Å². The van der Waals surface area contributed by atoms with Crippen molar-refractivity contribution in [2.24, 2.45) is 0 Å². The third-order valence-electron chi connectivity index (χ3n) is 4.21. The van der Waals surface area contributed by atoms with Gasteiger partial charge < -0.3 is 9.84 Å². The van der Waals surface area contributed by atoms with Crippen molar-refractivity contribution < 1.29 is 9.84 Å². The van der Waals surface area contributed by atoms with E-state index in [4.69, 9.17) is 4.74 Å². The zero-order valence-electron chi connectivity index (χ0n) is 13.2. The number of rotatable bonds is 9. The molecule has 20 heavy (non-hydrogen) atoms. The van der Waals surface area contributed by atoms with E-state index in [0.29, 0.717) is 5.75 Å². The van der Waals surface area contributed by atoms with Crippen molar-refractivity contribution in [1.29, 1.82) is 0 Å². The third kappa shape index (κ3) is 2.79. The predicted octanol–water partition coefficient (Wildman–Crippen LogP) is 5.53. The van der Waals surface area contributed by atoms with Crippen molar-refractivity contribution in [1.82, 2.24) is 0 Å². The fourth-order valence-corrected chi connectivity index (χ4v) is 2.92. The Morgan fingerprint density at radius 1 is 0.700 bits per heavy atom. The first-order valence-corrected chi connectivity index (χ1v) is 8.31. The van der Waals surface area contributed by atoms with Crippen molar-refractivity contribution >= 4 is 0 Å². The number of phenols is 1. The number of aromatic hydroxyl groups is 1. The second kappa shape index (κ2) is 7.01. The largest absolute Gasteiger partial charge is 0.507 e. The Hall–Kier alpha value is -1.18. The van der Waals surface area contributed by atoms with E-state index in [-0.39, 0.29) is 0 Å². The highest BCUT2D eigenvalue weighted by molar-refractivity contribution is 5.69. The van der Waals surface area contributed by atoms with E-state index in [1.165, 1.54) is 18.4 Å².